The Morgan fingerprint density at radius 1 is 1.00 bits per heavy atom. The van der Waals surface area contributed by atoms with E-state index in [9.17, 15) is 0 Å². The van der Waals surface area contributed by atoms with Crippen molar-refractivity contribution in [2.45, 2.75) is 57.5 Å². The van der Waals surface area contributed by atoms with Crippen LogP contribution < -0.4 is 14.8 Å². The predicted octanol–water partition coefficient (Wildman–Crippen LogP) is 4.67. The summed E-state index contributed by atoms with van der Waals surface area (Å²) in [5.74, 6) is 1.55. The lowest BCUT2D eigenvalue weighted by Gasteiger charge is -2.22. The van der Waals surface area contributed by atoms with Gasteiger partial charge in [0.15, 0.2) is 11.5 Å². The zero-order valence-electron chi connectivity index (χ0n) is 13.1. The predicted molar refractivity (Wildman–Crippen MR) is 90.2 cm³/mol. The van der Waals surface area contributed by atoms with E-state index in [1.165, 1.54) is 50.5 Å². The third-order valence-electron chi connectivity index (χ3n) is 4.24. The zero-order chi connectivity index (χ0) is 15.1. The summed E-state index contributed by atoms with van der Waals surface area (Å²) < 4.78 is 11.8. The molecule has 0 bridgehead atoms. The zero-order valence-corrected chi connectivity index (χ0v) is 14.7. The molecule has 2 rings (SSSR count). The average Bonchev–Trinajstić information content (AvgIpc) is 2.46. The minimum Gasteiger partial charge on any atom is -0.493 e. The van der Waals surface area contributed by atoms with E-state index in [0.29, 0.717) is 6.04 Å². The SMILES string of the molecule is COc1cc(Br)c(CNC2CCCCCCC2)cc1OC. The van der Waals surface area contributed by atoms with Gasteiger partial charge < -0.3 is 14.8 Å². The fourth-order valence-corrected chi connectivity index (χ4v) is 3.41. The first-order valence-electron chi connectivity index (χ1n) is 7.88. The van der Waals surface area contributed by atoms with E-state index in [1.54, 1.807) is 14.2 Å². The van der Waals surface area contributed by atoms with Gasteiger partial charge in [0, 0.05) is 17.1 Å². The molecule has 0 unspecified atom stereocenters. The van der Waals surface area contributed by atoms with Crippen molar-refractivity contribution in [2.24, 2.45) is 0 Å². The summed E-state index contributed by atoms with van der Waals surface area (Å²) in [6.45, 7) is 0.867. The molecule has 0 aliphatic heterocycles. The number of hydrogen-bond donors (Lipinski definition) is 1. The first kappa shape index (κ1) is 16.6. The second kappa shape index (κ2) is 8.64. The van der Waals surface area contributed by atoms with Crippen LogP contribution in [0.3, 0.4) is 0 Å². The van der Waals surface area contributed by atoms with Gasteiger partial charge in [0.1, 0.15) is 0 Å². The van der Waals surface area contributed by atoms with E-state index < -0.39 is 0 Å². The summed E-state index contributed by atoms with van der Waals surface area (Å²) in [4.78, 5) is 0. The van der Waals surface area contributed by atoms with E-state index in [-0.39, 0.29) is 0 Å². The van der Waals surface area contributed by atoms with Gasteiger partial charge >= 0.3 is 0 Å². The topological polar surface area (TPSA) is 30.5 Å². The second-order valence-electron chi connectivity index (χ2n) is 5.72. The van der Waals surface area contributed by atoms with Gasteiger partial charge in [0.2, 0.25) is 0 Å². The molecule has 1 aliphatic carbocycles. The highest BCUT2D eigenvalue weighted by Crippen LogP contribution is 2.33. The smallest absolute Gasteiger partial charge is 0.161 e. The molecule has 1 N–H and O–H groups in total. The number of ether oxygens (including phenoxy) is 2. The van der Waals surface area contributed by atoms with Crippen LogP contribution in [-0.4, -0.2) is 20.3 Å². The molecule has 1 fully saturated rings. The Labute approximate surface area is 136 Å². The van der Waals surface area contributed by atoms with E-state index in [1.807, 2.05) is 6.07 Å². The average molecular weight is 356 g/mol. The minimum atomic E-state index is 0.644. The molecule has 0 saturated heterocycles. The maximum absolute atomic E-state index is 5.39. The fourth-order valence-electron chi connectivity index (χ4n) is 2.95. The summed E-state index contributed by atoms with van der Waals surface area (Å²) in [5.41, 5.74) is 1.22. The molecule has 21 heavy (non-hydrogen) atoms. The molecule has 4 heteroatoms. The molecule has 1 saturated carbocycles. The normalized spacial score (nSPS) is 17.1. The molecule has 3 nitrogen and oxygen atoms in total. The number of hydrogen-bond acceptors (Lipinski definition) is 3. The van der Waals surface area contributed by atoms with Crippen LogP contribution in [0, 0.1) is 0 Å². The van der Waals surface area contributed by atoms with Crippen molar-refractivity contribution in [3.05, 3.63) is 22.2 Å². The Balaban J connectivity index is 1.98. The molecule has 0 radical (unpaired) electrons. The van der Waals surface area contributed by atoms with Crippen LogP contribution in [0.5, 0.6) is 11.5 Å². The molecule has 0 heterocycles. The number of halogens is 1. The molecule has 0 amide bonds. The lowest BCUT2D eigenvalue weighted by molar-refractivity contribution is 0.353. The molecule has 0 aromatic heterocycles. The van der Waals surface area contributed by atoms with E-state index >= 15 is 0 Å². The van der Waals surface area contributed by atoms with Crippen molar-refractivity contribution in [1.82, 2.24) is 5.32 Å². The molecule has 1 aromatic carbocycles. The number of nitrogens with one attached hydrogen (secondary N) is 1. The molecule has 1 aromatic rings. The number of methoxy groups -OCH3 is 2. The Hall–Kier alpha value is -0.740. The van der Waals surface area contributed by atoms with E-state index in [2.05, 4.69) is 27.3 Å². The summed E-state index contributed by atoms with van der Waals surface area (Å²) in [6, 6.07) is 4.68. The third-order valence-corrected chi connectivity index (χ3v) is 4.98. The van der Waals surface area contributed by atoms with Crippen molar-refractivity contribution in [3.8, 4) is 11.5 Å². The van der Waals surface area contributed by atoms with Gasteiger partial charge in [0.05, 0.1) is 14.2 Å². The standard InChI is InChI=1S/C17H26BrNO2/c1-20-16-10-13(15(18)11-17(16)21-2)12-19-14-8-6-4-3-5-7-9-14/h10-11,14,19H,3-9,12H2,1-2H3. The first-order chi connectivity index (χ1) is 10.2. The Bertz CT molecular complexity index is 443. The van der Waals surface area contributed by atoms with Crippen LogP contribution in [0.1, 0.15) is 50.5 Å². The van der Waals surface area contributed by atoms with Gasteiger partial charge in [-0.15, -0.1) is 0 Å². The van der Waals surface area contributed by atoms with Gasteiger partial charge in [-0.05, 0) is 30.5 Å². The summed E-state index contributed by atoms with van der Waals surface area (Å²) >= 11 is 3.63. The minimum absolute atomic E-state index is 0.644. The fraction of sp³-hybridized carbons (Fsp3) is 0.647. The Kier molecular flexibility index (Phi) is 6.84. The summed E-state index contributed by atoms with van der Waals surface area (Å²) in [7, 11) is 3.34. The van der Waals surface area contributed by atoms with Crippen LogP contribution in [0.25, 0.3) is 0 Å². The molecule has 1 aliphatic rings. The highest BCUT2D eigenvalue weighted by Gasteiger charge is 2.13. The molecule has 0 spiro atoms. The van der Waals surface area contributed by atoms with Crippen LogP contribution in [-0.2, 0) is 6.54 Å². The van der Waals surface area contributed by atoms with Crippen molar-refractivity contribution in [2.75, 3.05) is 14.2 Å². The largest absolute Gasteiger partial charge is 0.493 e. The maximum Gasteiger partial charge on any atom is 0.161 e. The van der Waals surface area contributed by atoms with E-state index in [0.717, 1.165) is 22.5 Å². The van der Waals surface area contributed by atoms with Crippen LogP contribution in [0.2, 0.25) is 0 Å². The quantitative estimate of drug-likeness (QED) is 0.832. The highest BCUT2D eigenvalue weighted by atomic mass is 79.9. The maximum atomic E-state index is 5.39. The van der Waals surface area contributed by atoms with Crippen LogP contribution >= 0.6 is 15.9 Å². The monoisotopic (exact) mass is 355 g/mol. The molecule has 0 atom stereocenters. The lowest BCUT2D eigenvalue weighted by Crippen LogP contribution is -2.29. The summed E-state index contributed by atoms with van der Waals surface area (Å²) in [5, 5.41) is 3.71. The Morgan fingerprint density at radius 3 is 2.19 bits per heavy atom. The summed E-state index contributed by atoms with van der Waals surface area (Å²) in [6.07, 6.45) is 9.48. The molecular formula is C17H26BrNO2. The van der Waals surface area contributed by atoms with Crippen molar-refractivity contribution in [1.29, 1.82) is 0 Å². The third kappa shape index (κ3) is 4.89. The van der Waals surface area contributed by atoms with Gasteiger partial charge in [-0.2, -0.15) is 0 Å². The van der Waals surface area contributed by atoms with Gasteiger partial charge in [0.25, 0.3) is 0 Å². The van der Waals surface area contributed by atoms with E-state index in [4.69, 9.17) is 9.47 Å². The van der Waals surface area contributed by atoms with Crippen molar-refractivity contribution >= 4 is 15.9 Å². The number of benzene rings is 1. The lowest BCUT2D eigenvalue weighted by atomic mass is 9.96. The van der Waals surface area contributed by atoms with Gasteiger partial charge in [-0.1, -0.05) is 48.0 Å². The Morgan fingerprint density at radius 2 is 1.57 bits per heavy atom. The van der Waals surface area contributed by atoms with Crippen LogP contribution in [0.15, 0.2) is 16.6 Å². The molecule has 118 valence electrons. The first-order valence-corrected chi connectivity index (χ1v) is 8.67. The second-order valence-corrected chi connectivity index (χ2v) is 6.58. The van der Waals surface area contributed by atoms with Crippen molar-refractivity contribution < 1.29 is 9.47 Å². The van der Waals surface area contributed by atoms with Crippen molar-refractivity contribution in [3.63, 3.8) is 0 Å². The van der Waals surface area contributed by atoms with Crippen LogP contribution in [0.4, 0.5) is 0 Å². The van der Waals surface area contributed by atoms with Gasteiger partial charge in [-0.3, -0.25) is 0 Å². The molecular weight excluding hydrogens is 330 g/mol. The number of rotatable bonds is 5. The van der Waals surface area contributed by atoms with Gasteiger partial charge in [-0.25, -0.2) is 0 Å². The highest BCUT2D eigenvalue weighted by molar-refractivity contribution is 9.10.